The van der Waals surface area contributed by atoms with E-state index in [1.807, 2.05) is 25.1 Å². The Morgan fingerprint density at radius 1 is 1.33 bits per heavy atom. The van der Waals surface area contributed by atoms with Gasteiger partial charge in [0, 0.05) is 11.3 Å². The van der Waals surface area contributed by atoms with Gasteiger partial charge in [0.15, 0.2) is 17.3 Å². The van der Waals surface area contributed by atoms with Crippen LogP contribution >= 0.6 is 11.8 Å². The van der Waals surface area contributed by atoms with E-state index in [9.17, 15) is 4.79 Å². The molecule has 108 valence electrons. The van der Waals surface area contributed by atoms with Crippen LogP contribution < -0.4 is 14.8 Å². The van der Waals surface area contributed by atoms with Gasteiger partial charge in [0.1, 0.15) is 0 Å². The number of hydrogen-bond donors (Lipinski definition) is 2. The van der Waals surface area contributed by atoms with Crippen molar-refractivity contribution in [2.45, 2.75) is 12.2 Å². The standard InChI is InChI=1S/C14H13N3O3S/c1-7-12-13(21-5-11(18)15-14(12)17-16-7)8-2-3-9-10(4-8)20-6-19-9/h2-4,13H,5-6H2,1H3,(H2,15,16,17,18)/t13-/m1/s1. The van der Waals surface area contributed by atoms with Crippen LogP contribution in [0.5, 0.6) is 11.5 Å². The summed E-state index contributed by atoms with van der Waals surface area (Å²) in [5.41, 5.74) is 3.05. The highest BCUT2D eigenvalue weighted by Crippen LogP contribution is 2.44. The van der Waals surface area contributed by atoms with Crippen molar-refractivity contribution in [2.75, 3.05) is 17.9 Å². The molecule has 6 nitrogen and oxygen atoms in total. The highest BCUT2D eigenvalue weighted by atomic mass is 32.2. The molecule has 1 aromatic heterocycles. The zero-order valence-corrected chi connectivity index (χ0v) is 12.1. The van der Waals surface area contributed by atoms with E-state index < -0.39 is 0 Å². The molecule has 0 unspecified atom stereocenters. The minimum atomic E-state index is -0.0315. The Morgan fingerprint density at radius 2 is 2.19 bits per heavy atom. The van der Waals surface area contributed by atoms with E-state index in [-0.39, 0.29) is 18.0 Å². The summed E-state index contributed by atoms with van der Waals surface area (Å²) in [6.07, 6.45) is 0. The van der Waals surface area contributed by atoms with E-state index in [0.717, 1.165) is 28.3 Å². The fourth-order valence-corrected chi connectivity index (χ4v) is 3.79. The molecule has 0 saturated heterocycles. The molecule has 0 saturated carbocycles. The van der Waals surface area contributed by atoms with Gasteiger partial charge in [-0.25, -0.2) is 0 Å². The van der Waals surface area contributed by atoms with Crippen molar-refractivity contribution >= 4 is 23.5 Å². The number of thioether (sulfide) groups is 1. The lowest BCUT2D eigenvalue weighted by atomic mass is 10.0. The van der Waals surface area contributed by atoms with Crippen molar-refractivity contribution in [3.8, 4) is 11.5 Å². The van der Waals surface area contributed by atoms with Gasteiger partial charge < -0.3 is 14.8 Å². The molecule has 1 aromatic carbocycles. The van der Waals surface area contributed by atoms with Gasteiger partial charge in [-0.05, 0) is 24.6 Å². The first-order chi connectivity index (χ1) is 10.2. The smallest absolute Gasteiger partial charge is 0.235 e. The van der Waals surface area contributed by atoms with E-state index in [0.29, 0.717) is 11.6 Å². The second kappa shape index (κ2) is 4.70. The average Bonchev–Trinajstić information content (AvgIpc) is 3.03. The van der Waals surface area contributed by atoms with Gasteiger partial charge in [0.2, 0.25) is 12.7 Å². The number of amides is 1. The second-order valence-corrected chi connectivity index (χ2v) is 6.06. The monoisotopic (exact) mass is 303 g/mol. The molecule has 1 amide bonds. The zero-order chi connectivity index (χ0) is 14.4. The van der Waals surface area contributed by atoms with E-state index in [1.165, 1.54) is 0 Å². The number of fused-ring (bicyclic) bond motifs is 2. The highest BCUT2D eigenvalue weighted by molar-refractivity contribution is 8.00. The van der Waals surface area contributed by atoms with E-state index >= 15 is 0 Å². The van der Waals surface area contributed by atoms with Crippen LogP contribution in [-0.4, -0.2) is 28.7 Å². The Labute approximate surface area is 125 Å². The van der Waals surface area contributed by atoms with Crippen molar-refractivity contribution < 1.29 is 14.3 Å². The third kappa shape index (κ3) is 2.04. The number of rotatable bonds is 1. The zero-order valence-electron chi connectivity index (χ0n) is 11.3. The molecular weight excluding hydrogens is 290 g/mol. The Hall–Kier alpha value is -2.15. The van der Waals surface area contributed by atoms with E-state index in [1.54, 1.807) is 11.8 Å². The summed E-state index contributed by atoms with van der Waals surface area (Å²) >= 11 is 1.58. The van der Waals surface area contributed by atoms with Crippen LogP contribution in [0, 0.1) is 6.92 Å². The summed E-state index contributed by atoms with van der Waals surface area (Å²) in [7, 11) is 0. The molecule has 2 aliphatic heterocycles. The van der Waals surface area contributed by atoms with Gasteiger partial charge >= 0.3 is 0 Å². The van der Waals surface area contributed by atoms with Crippen LogP contribution in [0.2, 0.25) is 0 Å². The van der Waals surface area contributed by atoms with Crippen LogP contribution in [0.15, 0.2) is 18.2 Å². The predicted octanol–water partition coefficient (Wildman–Crippen LogP) is 2.22. The van der Waals surface area contributed by atoms with Gasteiger partial charge in [-0.3, -0.25) is 9.89 Å². The molecule has 2 N–H and O–H groups in total. The van der Waals surface area contributed by atoms with Gasteiger partial charge in [-0.1, -0.05) is 6.07 Å². The highest BCUT2D eigenvalue weighted by Gasteiger charge is 2.29. The summed E-state index contributed by atoms with van der Waals surface area (Å²) in [5, 5.41) is 10.0. The number of nitrogens with one attached hydrogen (secondary N) is 2. The number of anilines is 1. The van der Waals surface area contributed by atoms with Crippen molar-refractivity contribution in [3.63, 3.8) is 0 Å². The fourth-order valence-electron chi connectivity index (χ4n) is 2.60. The van der Waals surface area contributed by atoms with Gasteiger partial charge in [-0.2, -0.15) is 5.10 Å². The topological polar surface area (TPSA) is 76.2 Å². The Balaban J connectivity index is 1.80. The van der Waals surface area contributed by atoms with Crippen LogP contribution in [-0.2, 0) is 4.79 Å². The summed E-state index contributed by atoms with van der Waals surface area (Å²) in [4.78, 5) is 11.8. The number of nitrogens with zero attached hydrogens (tertiary/aromatic N) is 1. The van der Waals surface area contributed by atoms with Gasteiger partial charge in [0.05, 0.1) is 11.0 Å². The number of ether oxygens (including phenoxy) is 2. The largest absolute Gasteiger partial charge is 0.454 e. The van der Waals surface area contributed by atoms with Crippen LogP contribution in [0.25, 0.3) is 0 Å². The summed E-state index contributed by atoms with van der Waals surface area (Å²) in [6.45, 7) is 2.22. The molecule has 1 atom stereocenters. The van der Waals surface area contributed by atoms with Crippen LogP contribution in [0.3, 0.4) is 0 Å². The Morgan fingerprint density at radius 3 is 3.10 bits per heavy atom. The van der Waals surface area contributed by atoms with E-state index in [2.05, 4.69) is 15.5 Å². The van der Waals surface area contributed by atoms with Gasteiger partial charge in [0.25, 0.3) is 0 Å². The lowest BCUT2D eigenvalue weighted by Gasteiger charge is -2.15. The summed E-state index contributed by atoms with van der Waals surface area (Å²) in [5.74, 6) is 2.49. The van der Waals surface area contributed by atoms with Crippen molar-refractivity contribution in [3.05, 3.63) is 35.0 Å². The molecule has 3 heterocycles. The number of hydrogen-bond acceptors (Lipinski definition) is 5. The number of carbonyl (C=O) groups excluding carboxylic acids is 1. The van der Waals surface area contributed by atoms with Crippen molar-refractivity contribution in [2.24, 2.45) is 0 Å². The molecule has 0 fully saturated rings. The molecular formula is C14H13N3O3S. The lowest BCUT2D eigenvalue weighted by molar-refractivity contribution is -0.113. The molecule has 7 heteroatoms. The lowest BCUT2D eigenvalue weighted by Crippen LogP contribution is -2.12. The first-order valence-corrected chi connectivity index (χ1v) is 7.63. The number of aryl methyl sites for hydroxylation is 1. The number of H-pyrrole nitrogens is 1. The minimum absolute atomic E-state index is 0.0315. The molecule has 0 aliphatic carbocycles. The Kier molecular flexibility index (Phi) is 2.81. The van der Waals surface area contributed by atoms with E-state index in [4.69, 9.17) is 9.47 Å². The molecule has 0 spiro atoms. The molecule has 0 radical (unpaired) electrons. The third-order valence-electron chi connectivity index (χ3n) is 3.60. The maximum atomic E-state index is 11.8. The molecule has 2 aliphatic rings. The average molecular weight is 303 g/mol. The normalized spacial score (nSPS) is 19.9. The summed E-state index contributed by atoms with van der Waals surface area (Å²) in [6, 6.07) is 5.90. The van der Waals surface area contributed by atoms with Gasteiger partial charge in [-0.15, -0.1) is 11.8 Å². The predicted molar refractivity (Wildman–Crippen MR) is 78.8 cm³/mol. The maximum Gasteiger partial charge on any atom is 0.235 e. The number of aromatic amines is 1. The maximum absolute atomic E-state index is 11.8. The SMILES string of the molecule is Cc1[nH]nc2c1[C@@H](c1ccc3c(c1)OCO3)SCC(=O)N2. The minimum Gasteiger partial charge on any atom is -0.454 e. The first-order valence-electron chi connectivity index (χ1n) is 6.58. The van der Waals surface area contributed by atoms with Crippen LogP contribution in [0.1, 0.15) is 22.1 Å². The number of carbonyl (C=O) groups is 1. The number of benzene rings is 1. The van der Waals surface area contributed by atoms with Crippen molar-refractivity contribution in [1.82, 2.24) is 10.2 Å². The van der Waals surface area contributed by atoms with Crippen molar-refractivity contribution in [1.29, 1.82) is 0 Å². The fraction of sp³-hybridized carbons (Fsp3) is 0.286. The van der Waals surface area contributed by atoms with Crippen LogP contribution in [0.4, 0.5) is 5.82 Å². The quantitative estimate of drug-likeness (QED) is 0.845. The first kappa shape index (κ1) is 12.6. The third-order valence-corrected chi connectivity index (χ3v) is 4.87. The Bertz CT molecular complexity index is 728. The molecule has 2 aromatic rings. The molecule has 4 rings (SSSR count). The summed E-state index contributed by atoms with van der Waals surface area (Å²) < 4.78 is 10.8. The number of aromatic nitrogens is 2. The molecule has 0 bridgehead atoms. The second-order valence-electron chi connectivity index (χ2n) is 4.96. The molecule has 21 heavy (non-hydrogen) atoms.